The molecule has 2 aliphatic rings. The van der Waals surface area contributed by atoms with Crippen molar-refractivity contribution in [3.8, 4) is 11.3 Å². The van der Waals surface area contributed by atoms with E-state index < -0.39 is 0 Å². The van der Waals surface area contributed by atoms with E-state index in [0.717, 1.165) is 55.3 Å². The van der Waals surface area contributed by atoms with Crippen LogP contribution < -0.4 is 0 Å². The number of aliphatic hydroxyl groups is 2. The van der Waals surface area contributed by atoms with E-state index in [2.05, 4.69) is 89.0 Å². The van der Waals surface area contributed by atoms with Crippen LogP contribution in [0.25, 0.3) is 22.0 Å². The van der Waals surface area contributed by atoms with Crippen molar-refractivity contribution in [3.63, 3.8) is 0 Å². The fourth-order valence-corrected chi connectivity index (χ4v) is 8.51. The molecular weight excluding hydrogens is 707 g/mol. The van der Waals surface area contributed by atoms with Gasteiger partial charge in [0.05, 0.1) is 12.2 Å². The molecule has 1 heterocycles. The number of rotatable bonds is 7. The first-order valence-corrected chi connectivity index (χ1v) is 17.0. The van der Waals surface area contributed by atoms with Crippen LogP contribution in [0.3, 0.4) is 0 Å². The van der Waals surface area contributed by atoms with Crippen molar-refractivity contribution in [1.82, 2.24) is 4.98 Å². The zero-order chi connectivity index (χ0) is 30.2. The summed E-state index contributed by atoms with van der Waals surface area (Å²) < 4.78 is 0. The van der Waals surface area contributed by atoms with Crippen molar-refractivity contribution in [1.29, 1.82) is 0 Å². The van der Waals surface area contributed by atoms with Crippen molar-refractivity contribution < 1.29 is 30.3 Å². The van der Waals surface area contributed by atoms with Crippen molar-refractivity contribution in [2.45, 2.75) is 118 Å². The van der Waals surface area contributed by atoms with Crippen LogP contribution in [-0.4, -0.2) is 27.4 Å². The number of benzene rings is 2. The molecular formula is C39H56IrNO2-. The maximum Gasteiger partial charge on any atom is 0.0626 e. The first-order chi connectivity index (χ1) is 20.3. The zero-order valence-electron chi connectivity index (χ0n) is 27.5. The van der Waals surface area contributed by atoms with Gasteiger partial charge in [-0.2, -0.15) is 0 Å². The molecule has 4 unspecified atom stereocenters. The minimum absolute atomic E-state index is 0. The van der Waals surface area contributed by atoms with Crippen molar-refractivity contribution in [3.05, 3.63) is 65.9 Å². The first-order valence-electron chi connectivity index (χ1n) is 17.0. The second kappa shape index (κ2) is 17.2. The van der Waals surface area contributed by atoms with Gasteiger partial charge in [0.2, 0.25) is 0 Å². The van der Waals surface area contributed by atoms with Gasteiger partial charge in [0.25, 0.3) is 0 Å². The van der Waals surface area contributed by atoms with Gasteiger partial charge in [0.15, 0.2) is 0 Å². The zero-order valence-corrected chi connectivity index (χ0v) is 29.9. The van der Waals surface area contributed by atoms with Gasteiger partial charge in [0.1, 0.15) is 0 Å². The van der Waals surface area contributed by atoms with E-state index in [1.54, 1.807) is 0 Å². The maximum absolute atomic E-state index is 11.4. The molecule has 0 amide bonds. The number of hydrogen-bond donors (Lipinski definition) is 2. The van der Waals surface area contributed by atoms with Gasteiger partial charge in [-0.3, -0.25) is 0 Å². The average Bonchev–Trinajstić information content (AvgIpc) is 3.25. The Balaban J connectivity index is 0.000000238. The second-order valence-corrected chi connectivity index (χ2v) is 13.3. The number of aryl methyl sites for hydroxylation is 2. The Hall–Kier alpha value is -1.58. The fraction of sp³-hybridized carbons (Fsp3) is 0.615. The number of nitrogens with zero attached hydrogens (tertiary/aromatic N) is 1. The topological polar surface area (TPSA) is 53.4 Å². The quantitative estimate of drug-likeness (QED) is 0.236. The average molecular weight is 763 g/mol. The Kier molecular flexibility index (Phi) is 14.4. The molecule has 2 N–H and O–H groups in total. The van der Waals surface area contributed by atoms with Crippen LogP contribution in [0.2, 0.25) is 0 Å². The molecule has 0 aliphatic heterocycles. The molecule has 2 fully saturated rings. The van der Waals surface area contributed by atoms with E-state index in [1.807, 2.05) is 12.3 Å². The third-order valence-electron chi connectivity index (χ3n) is 10.8. The standard InChI is InChI=1S/C22H42O2.C17H14N.Ir/c1-5-15(6-2)18-13-9-11-17-12-10-14-19(16(7-3)8-4)22(24)20(17)21(18)23;1-12-7-13(2)9-16(8-12)17-10-14-5-3-4-6-15(14)11-18-17;/h15-24H,5-14H2,1-4H3;3-8,10-11H,1-2H3;/q;-1;/t17?,18-,19+,20?,21?,22?;;. The molecule has 0 saturated heterocycles. The molecule has 0 spiro atoms. The van der Waals surface area contributed by atoms with Gasteiger partial charge in [-0.1, -0.05) is 110 Å². The summed E-state index contributed by atoms with van der Waals surface area (Å²) >= 11 is 0. The van der Waals surface area contributed by atoms with Crippen molar-refractivity contribution in [2.75, 3.05) is 0 Å². The second-order valence-electron chi connectivity index (χ2n) is 13.3. The summed E-state index contributed by atoms with van der Waals surface area (Å²) in [7, 11) is 0. The normalized spacial score (nSPS) is 25.7. The van der Waals surface area contributed by atoms with Crippen LogP contribution in [0.15, 0.2) is 48.7 Å². The molecule has 5 rings (SSSR count). The predicted molar refractivity (Wildman–Crippen MR) is 177 cm³/mol. The Morgan fingerprint density at radius 1 is 0.767 bits per heavy atom. The van der Waals surface area contributed by atoms with Crippen LogP contribution in [0.4, 0.5) is 0 Å². The van der Waals surface area contributed by atoms with Crippen LogP contribution in [0, 0.1) is 55.4 Å². The minimum Gasteiger partial charge on any atom is -0.392 e. The molecule has 2 saturated carbocycles. The summed E-state index contributed by atoms with van der Waals surface area (Å²) in [5.41, 5.74) is 4.45. The molecule has 3 nitrogen and oxygen atoms in total. The summed E-state index contributed by atoms with van der Waals surface area (Å²) in [6, 6.07) is 18.0. The molecule has 1 radical (unpaired) electrons. The number of pyridine rings is 1. The predicted octanol–water partition coefficient (Wildman–Crippen LogP) is 9.73. The summed E-state index contributed by atoms with van der Waals surface area (Å²) in [5.74, 6) is 2.66. The number of aliphatic hydroxyl groups excluding tert-OH is 2. The van der Waals surface area contributed by atoms with E-state index in [4.69, 9.17) is 0 Å². The van der Waals surface area contributed by atoms with Crippen LogP contribution in [0.1, 0.15) is 103 Å². The van der Waals surface area contributed by atoms with Gasteiger partial charge in [0, 0.05) is 32.2 Å². The number of aromatic nitrogens is 1. The van der Waals surface area contributed by atoms with Gasteiger partial charge in [-0.15, -0.1) is 34.9 Å². The minimum atomic E-state index is -0.299. The van der Waals surface area contributed by atoms with Crippen LogP contribution >= 0.6 is 0 Å². The van der Waals surface area contributed by atoms with E-state index in [9.17, 15) is 10.2 Å². The summed E-state index contributed by atoms with van der Waals surface area (Å²) in [5, 5.41) is 25.1. The van der Waals surface area contributed by atoms with E-state index in [1.165, 1.54) is 42.0 Å². The molecule has 2 aliphatic carbocycles. The monoisotopic (exact) mass is 763 g/mol. The molecule has 3 aromatic rings. The largest absolute Gasteiger partial charge is 0.392 e. The van der Waals surface area contributed by atoms with E-state index in [0.29, 0.717) is 29.6 Å². The Labute approximate surface area is 275 Å². The Morgan fingerprint density at radius 2 is 1.30 bits per heavy atom. The molecule has 6 atom stereocenters. The fourth-order valence-electron chi connectivity index (χ4n) is 8.51. The van der Waals surface area contributed by atoms with Crippen LogP contribution in [0.5, 0.6) is 0 Å². The molecule has 1 aromatic heterocycles. The molecule has 0 bridgehead atoms. The summed E-state index contributed by atoms with van der Waals surface area (Å²) in [6.45, 7) is 13.2. The van der Waals surface area contributed by atoms with Gasteiger partial charge in [-0.25, -0.2) is 0 Å². The van der Waals surface area contributed by atoms with E-state index >= 15 is 0 Å². The summed E-state index contributed by atoms with van der Waals surface area (Å²) in [6.07, 6.45) is 13.2. The molecule has 239 valence electrons. The number of hydrogen-bond acceptors (Lipinski definition) is 3. The molecule has 4 heteroatoms. The third-order valence-corrected chi connectivity index (χ3v) is 10.8. The maximum atomic E-state index is 11.4. The van der Waals surface area contributed by atoms with Crippen molar-refractivity contribution >= 4 is 10.8 Å². The third kappa shape index (κ3) is 8.78. The summed E-state index contributed by atoms with van der Waals surface area (Å²) in [4.78, 5) is 4.53. The van der Waals surface area contributed by atoms with Crippen molar-refractivity contribution in [2.24, 2.45) is 35.5 Å². The SMILES string of the molecule is CCC(CC)[C@H]1CCCC2CCC[C@@H](C(CC)CC)C(O)C2C1O.Cc1[c-]c(-c2cc3ccccc3cn2)cc(C)c1.[Ir]. The first kappa shape index (κ1) is 35.9. The van der Waals surface area contributed by atoms with E-state index in [-0.39, 0.29) is 38.2 Å². The van der Waals surface area contributed by atoms with Gasteiger partial charge >= 0.3 is 0 Å². The van der Waals surface area contributed by atoms with Gasteiger partial charge in [-0.05, 0) is 71.7 Å². The number of fused-ring (bicyclic) bond motifs is 2. The molecule has 43 heavy (non-hydrogen) atoms. The Morgan fingerprint density at radius 3 is 1.81 bits per heavy atom. The van der Waals surface area contributed by atoms with Crippen LogP contribution in [-0.2, 0) is 20.1 Å². The smallest absolute Gasteiger partial charge is 0.0626 e. The molecule has 2 aromatic carbocycles. The Bertz CT molecular complexity index is 1200. The van der Waals surface area contributed by atoms with Gasteiger partial charge < -0.3 is 15.2 Å².